The van der Waals surface area contributed by atoms with Gasteiger partial charge in [-0.2, -0.15) is 0 Å². The summed E-state index contributed by atoms with van der Waals surface area (Å²) in [7, 11) is 0. The van der Waals surface area contributed by atoms with Gasteiger partial charge in [-0.1, -0.05) is 12.2 Å². The van der Waals surface area contributed by atoms with Crippen LogP contribution in [0.25, 0.3) is 0 Å². The Labute approximate surface area is 94.5 Å². The monoisotopic (exact) mass is 220 g/mol. The fourth-order valence-corrected chi connectivity index (χ4v) is 1.85. The van der Waals surface area contributed by atoms with Crippen LogP contribution in [0.4, 0.5) is 0 Å². The van der Waals surface area contributed by atoms with Gasteiger partial charge in [-0.05, 0) is 25.5 Å². The molecule has 1 aliphatic rings. The molecule has 0 fully saturated rings. The second-order valence-corrected chi connectivity index (χ2v) is 4.14. The molecule has 0 bridgehead atoms. The van der Waals surface area contributed by atoms with Crippen LogP contribution >= 0.6 is 0 Å². The molecule has 16 heavy (non-hydrogen) atoms. The minimum Gasteiger partial charge on any atom is -0.467 e. The van der Waals surface area contributed by atoms with Gasteiger partial charge in [0.1, 0.15) is 5.76 Å². The summed E-state index contributed by atoms with van der Waals surface area (Å²) in [5.74, 6) is 0.667. The Hall–Kier alpha value is -1.55. The van der Waals surface area contributed by atoms with E-state index < -0.39 is 0 Å². The number of carbonyl (C=O) groups is 1. The zero-order valence-corrected chi connectivity index (χ0v) is 9.22. The molecule has 86 valence electrons. The van der Waals surface area contributed by atoms with E-state index in [2.05, 4.69) is 5.32 Å². The lowest BCUT2D eigenvalue weighted by molar-refractivity contribution is -0.124. The van der Waals surface area contributed by atoms with Crippen molar-refractivity contribution in [2.24, 2.45) is 11.7 Å². The topological polar surface area (TPSA) is 68.3 Å². The molecule has 0 saturated carbocycles. The summed E-state index contributed by atoms with van der Waals surface area (Å²) >= 11 is 0. The maximum absolute atomic E-state index is 11.8. The largest absolute Gasteiger partial charge is 0.467 e. The molecule has 0 radical (unpaired) electrons. The van der Waals surface area contributed by atoms with Gasteiger partial charge in [0.05, 0.1) is 18.2 Å². The Morgan fingerprint density at radius 2 is 2.44 bits per heavy atom. The molecule has 1 amide bonds. The first-order chi connectivity index (χ1) is 7.66. The average molecular weight is 220 g/mol. The Morgan fingerprint density at radius 1 is 1.62 bits per heavy atom. The second kappa shape index (κ2) is 4.53. The molecule has 3 N–H and O–H groups in total. The van der Waals surface area contributed by atoms with Crippen LogP contribution in [-0.2, 0) is 4.79 Å². The van der Waals surface area contributed by atoms with Crippen molar-refractivity contribution in [3.05, 3.63) is 36.3 Å². The number of rotatable bonds is 3. The fraction of sp³-hybridized carbons (Fsp3) is 0.417. The van der Waals surface area contributed by atoms with Gasteiger partial charge in [0, 0.05) is 6.04 Å². The molecular weight excluding hydrogens is 204 g/mol. The third-order valence-corrected chi connectivity index (χ3v) is 2.78. The van der Waals surface area contributed by atoms with Gasteiger partial charge in [0.25, 0.3) is 0 Å². The Bertz CT molecular complexity index is 384. The van der Waals surface area contributed by atoms with E-state index in [0.717, 1.165) is 5.76 Å². The normalized spacial score (nSPS) is 25.6. The summed E-state index contributed by atoms with van der Waals surface area (Å²) in [5, 5.41) is 2.91. The van der Waals surface area contributed by atoms with Crippen LogP contribution < -0.4 is 11.1 Å². The quantitative estimate of drug-likeness (QED) is 0.756. The van der Waals surface area contributed by atoms with Crippen LogP contribution in [0.3, 0.4) is 0 Å². The van der Waals surface area contributed by atoms with E-state index in [1.165, 1.54) is 0 Å². The molecule has 0 aromatic carbocycles. The number of hydrogen-bond acceptors (Lipinski definition) is 3. The van der Waals surface area contributed by atoms with Gasteiger partial charge in [0.15, 0.2) is 0 Å². The van der Waals surface area contributed by atoms with Gasteiger partial charge >= 0.3 is 0 Å². The predicted molar refractivity (Wildman–Crippen MR) is 60.5 cm³/mol. The maximum atomic E-state index is 11.8. The van der Waals surface area contributed by atoms with Crippen molar-refractivity contribution in [2.45, 2.75) is 25.4 Å². The summed E-state index contributed by atoms with van der Waals surface area (Å²) in [6.45, 7) is 1.90. The lowest BCUT2D eigenvalue weighted by Gasteiger charge is -2.14. The molecule has 1 aromatic heterocycles. The summed E-state index contributed by atoms with van der Waals surface area (Å²) in [6.07, 6.45) is 6.04. The van der Waals surface area contributed by atoms with Crippen LogP contribution in [0.15, 0.2) is 35.0 Å². The van der Waals surface area contributed by atoms with Crippen LogP contribution in [0.1, 0.15) is 25.1 Å². The lowest BCUT2D eigenvalue weighted by Crippen LogP contribution is -2.32. The Balaban J connectivity index is 1.90. The molecule has 0 aliphatic heterocycles. The Morgan fingerprint density at radius 3 is 3.00 bits per heavy atom. The minimum absolute atomic E-state index is 0.00750. The molecule has 2 unspecified atom stereocenters. The van der Waals surface area contributed by atoms with Crippen LogP contribution in [0.2, 0.25) is 0 Å². The smallest absolute Gasteiger partial charge is 0.227 e. The van der Waals surface area contributed by atoms with Crippen molar-refractivity contribution >= 4 is 5.91 Å². The third-order valence-electron chi connectivity index (χ3n) is 2.78. The third kappa shape index (κ3) is 2.33. The standard InChI is InChI=1S/C12H16N2O2/c1-8(11-3-2-6-16-11)14-12(15)9-4-5-10(13)7-9/h2-6,8-10H,7,13H2,1H3,(H,14,15)/t8-,9?,10?/m0/s1. The minimum atomic E-state index is -0.104. The molecule has 1 aromatic rings. The van der Waals surface area contributed by atoms with Crippen LogP contribution in [0, 0.1) is 5.92 Å². The highest BCUT2D eigenvalue weighted by Gasteiger charge is 2.24. The van der Waals surface area contributed by atoms with Crippen molar-refractivity contribution in [1.29, 1.82) is 0 Å². The van der Waals surface area contributed by atoms with Gasteiger partial charge in [-0.15, -0.1) is 0 Å². The molecule has 0 spiro atoms. The summed E-state index contributed by atoms with van der Waals surface area (Å²) in [6, 6.07) is 3.56. The summed E-state index contributed by atoms with van der Waals surface area (Å²) < 4.78 is 5.22. The van der Waals surface area contributed by atoms with Crippen molar-refractivity contribution in [3.63, 3.8) is 0 Å². The second-order valence-electron chi connectivity index (χ2n) is 4.14. The van der Waals surface area contributed by atoms with E-state index in [9.17, 15) is 4.79 Å². The van der Waals surface area contributed by atoms with E-state index in [4.69, 9.17) is 10.2 Å². The molecule has 2 rings (SSSR count). The van der Waals surface area contributed by atoms with E-state index in [0.29, 0.717) is 6.42 Å². The highest BCUT2D eigenvalue weighted by molar-refractivity contribution is 5.81. The van der Waals surface area contributed by atoms with Crippen molar-refractivity contribution in [3.8, 4) is 0 Å². The highest BCUT2D eigenvalue weighted by Crippen LogP contribution is 2.19. The number of hydrogen-bond donors (Lipinski definition) is 2. The van der Waals surface area contributed by atoms with E-state index in [-0.39, 0.29) is 23.9 Å². The number of nitrogens with one attached hydrogen (secondary N) is 1. The average Bonchev–Trinajstić information content (AvgIpc) is 2.87. The van der Waals surface area contributed by atoms with E-state index in [1.54, 1.807) is 6.26 Å². The number of amides is 1. The fourth-order valence-electron chi connectivity index (χ4n) is 1.85. The highest BCUT2D eigenvalue weighted by atomic mass is 16.3. The predicted octanol–water partition coefficient (Wildman–Crippen LogP) is 1.36. The number of carbonyl (C=O) groups excluding carboxylic acids is 1. The SMILES string of the molecule is C[C@H](NC(=O)C1C=CC(N)C1)c1ccco1. The lowest BCUT2D eigenvalue weighted by atomic mass is 10.1. The first-order valence-electron chi connectivity index (χ1n) is 5.44. The molecular formula is C12H16N2O2. The molecule has 1 heterocycles. The van der Waals surface area contributed by atoms with Crippen molar-refractivity contribution in [2.75, 3.05) is 0 Å². The summed E-state index contributed by atoms with van der Waals surface area (Å²) in [5.41, 5.74) is 5.70. The van der Waals surface area contributed by atoms with E-state index >= 15 is 0 Å². The van der Waals surface area contributed by atoms with Crippen molar-refractivity contribution in [1.82, 2.24) is 5.32 Å². The van der Waals surface area contributed by atoms with Gasteiger partial charge < -0.3 is 15.5 Å². The van der Waals surface area contributed by atoms with Crippen LogP contribution in [0.5, 0.6) is 0 Å². The van der Waals surface area contributed by atoms with Gasteiger partial charge in [-0.3, -0.25) is 4.79 Å². The van der Waals surface area contributed by atoms with Gasteiger partial charge in [-0.25, -0.2) is 0 Å². The zero-order valence-electron chi connectivity index (χ0n) is 9.22. The number of furan rings is 1. The first kappa shape index (κ1) is 11.0. The van der Waals surface area contributed by atoms with Crippen LogP contribution in [-0.4, -0.2) is 11.9 Å². The molecule has 3 atom stereocenters. The maximum Gasteiger partial charge on any atom is 0.227 e. The summed E-state index contributed by atoms with van der Waals surface area (Å²) in [4.78, 5) is 11.8. The van der Waals surface area contributed by atoms with Gasteiger partial charge in [0.2, 0.25) is 5.91 Å². The molecule has 4 nitrogen and oxygen atoms in total. The zero-order chi connectivity index (χ0) is 11.5. The number of nitrogens with two attached hydrogens (primary N) is 1. The van der Waals surface area contributed by atoms with Crippen molar-refractivity contribution < 1.29 is 9.21 Å². The Kier molecular flexibility index (Phi) is 3.10. The molecule has 1 aliphatic carbocycles. The molecule has 4 heteroatoms. The first-order valence-corrected chi connectivity index (χ1v) is 5.44. The molecule has 0 saturated heterocycles. The van der Waals surface area contributed by atoms with E-state index in [1.807, 2.05) is 31.2 Å².